The fourth-order valence-electron chi connectivity index (χ4n) is 3.05. The number of rotatable bonds is 14. The Bertz CT molecular complexity index is 935. The topological polar surface area (TPSA) is 61.8 Å². The summed E-state index contributed by atoms with van der Waals surface area (Å²) < 4.78 is 52.2. The molecule has 0 aliphatic heterocycles. The second-order valence-electron chi connectivity index (χ2n) is 7.97. The highest BCUT2D eigenvalue weighted by Gasteiger charge is 2.26. The van der Waals surface area contributed by atoms with Crippen LogP contribution < -0.4 is 9.47 Å². The Morgan fingerprint density at radius 1 is 0.829 bits per heavy atom. The van der Waals surface area contributed by atoms with Crippen LogP contribution in [0.3, 0.4) is 0 Å². The minimum Gasteiger partial charge on any atom is -0.494 e. The van der Waals surface area contributed by atoms with E-state index in [9.17, 15) is 22.8 Å². The minimum absolute atomic E-state index is 0.0686. The molecule has 5 nitrogen and oxygen atoms in total. The van der Waals surface area contributed by atoms with E-state index >= 15 is 0 Å². The van der Waals surface area contributed by atoms with E-state index in [1.165, 1.54) is 43.2 Å². The van der Waals surface area contributed by atoms with Crippen molar-refractivity contribution in [3.63, 3.8) is 0 Å². The molecule has 2 aromatic rings. The molecule has 0 saturated carbocycles. The normalized spacial score (nSPS) is 11.4. The summed E-state index contributed by atoms with van der Waals surface area (Å²) in [5.74, 6) is -0.285. The molecule has 0 radical (unpaired) electrons. The zero-order chi connectivity index (χ0) is 25.5. The minimum atomic E-state index is -4.20. The van der Waals surface area contributed by atoms with Gasteiger partial charge in [0.25, 0.3) is 0 Å². The van der Waals surface area contributed by atoms with E-state index < -0.39 is 24.5 Å². The van der Waals surface area contributed by atoms with E-state index in [0.717, 1.165) is 24.8 Å². The Morgan fingerprint density at radius 3 is 2.14 bits per heavy atom. The third kappa shape index (κ3) is 12.1. The molecule has 0 atom stereocenters. The van der Waals surface area contributed by atoms with Crippen LogP contribution in [-0.2, 0) is 9.53 Å². The molecule has 0 fully saturated rings. The number of alkyl halides is 3. The van der Waals surface area contributed by atoms with Crippen LogP contribution in [-0.4, -0.2) is 31.3 Å². The van der Waals surface area contributed by atoms with E-state index in [-0.39, 0.29) is 18.6 Å². The third-order valence-electron chi connectivity index (χ3n) is 4.96. The first-order chi connectivity index (χ1) is 16.8. The van der Waals surface area contributed by atoms with E-state index in [0.29, 0.717) is 18.1 Å². The summed E-state index contributed by atoms with van der Waals surface area (Å²) >= 11 is 0. The maximum Gasteiger partial charge on any atom is 0.389 e. The third-order valence-corrected chi connectivity index (χ3v) is 4.96. The summed E-state index contributed by atoms with van der Waals surface area (Å²) in [6.07, 6.45) is 3.15. The molecule has 0 aliphatic carbocycles. The molecule has 8 heteroatoms. The highest BCUT2D eigenvalue weighted by molar-refractivity contribution is 5.91. The molecule has 0 N–H and O–H groups in total. The number of esters is 2. The van der Waals surface area contributed by atoms with Crippen molar-refractivity contribution < 1.29 is 37.0 Å². The second kappa shape index (κ2) is 14.9. The van der Waals surface area contributed by atoms with Gasteiger partial charge in [0.2, 0.25) is 0 Å². The lowest BCUT2D eigenvalue weighted by molar-refractivity contribution is -0.138. The van der Waals surface area contributed by atoms with E-state index in [1.54, 1.807) is 30.3 Å². The van der Waals surface area contributed by atoms with Crippen molar-refractivity contribution >= 4 is 18.0 Å². The average molecular weight is 493 g/mol. The largest absolute Gasteiger partial charge is 0.494 e. The zero-order valence-corrected chi connectivity index (χ0v) is 19.8. The van der Waals surface area contributed by atoms with Crippen molar-refractivity contribution in [2.75, 3.05) is 13.2 Å². The summed E-state index contributed by atoms with van der Waals surface area (Å²) in [5, 5.41) is 0. The molecule has 2 rings (SSSR count). The predicted octanol–water partition coefficient (Wildman–Crippen LogP) is 7.15. The van der Waals surface area contributed by atoms with Crippen LogP contribution in [0.15, 0.2) is 54.6 Å². The molecule has 0 spiro atoms. The standard InChI is InChI=1S/C27H31F3O5/c1-2-3-4-5-6-19-34-25(31)17-10-21-8-13-24(14-9-21)35-26(32)22-11-15-23(16-12-22)33-20-7-18-27(28,29)30/h8-17H,2-7,18-20H2,1H3/b17-10+. The van der Waals surface area contributed by atoms with Crippen LogP contribution in [0, 0.1) is 0 Å². The number of carbonyl (C=O) groups excluding carboxylic acids is 2. The smallest absolute Gasteiger partial charge is 0.389 e. The van der Waals surface area contributed by atoms with Gasteiger partial charge in [0, 0.05) is 12.5 Å². The molecule has 0 bridgehead atoms. The molecule has 0 amide bonds. The molecular formula is C27H31F3O5. The lowest BCUT2D eigenvalue weighted by Crippen LogP contribution is -2.10. The monoisotopic (exact) mass is 492 g/mol. The highest BCUT2D eigenvalue weighted by atomic mass is 19.4. The quantitative estimate of drug-likeness (QED) is 0.121. The van der Waals surface area contributed by atoms with Gasteiger partial charge in [-0.25, -0.2) is 9.59 Å². The second-order valence-corrected chi connectivity index (χ2v) is 7.97. The molecule has 0 aliphatic rings. The summed E-state index contributed by atoms with van der Waals surface area (Å²) in [4.78, 5) is 24.1. The molecule has 0 unspecified atom stereocenters. The van der Waals surface area contributed by atoms with Gasteiger partial charge >= 0.3 is 18.1 Å². The van der Waals surface area contributed by atoms with Gasteiger partial charge in [0.05, 0.1) is 18.8 Å². The molecule has 0 aromatic heterocycles. The maximum absolute atomic E-state index is 12.3. The SMILES string of the molecule is CCCCCCCOC(=O)/C=C/c1ccc(OC(=O)c2ccc(OCCCC(F)(F)F)cc2)cc1. The highest BCUT2D eigenvalue weighted by Crippen LogP contribution is 2.22. The maximum atomic E-state index is 12.3. The average Bonchev–Trinajstić information content (AvgIpc) is 2.83. The molecule has 0 saturated heterocycles. The van der Waals surface area contributed by atoms with E-state index in [4.69, 9.17) is 14.2 Å². The Morgan fingerprint density at radius 2 is 1.49 bits per heavy atom. The van der Waals surface area contributed by atoms with Gasteiger partial charge in [-0.15, -0.1) is 0 Å². The molecule has 35 heavy (non-hydrogen) atoms. The van der Waals surface area contributed by atoms with Crippen LogP contribution in [0.1, 0.15) is 67.8 Å². The van der Waals surface area contributed by atoms with Crippen molar-refractivity contribution in [1.29, 1.82) is 0 Å². The van der Waals surface area contributed by atoms with Crippen molar-refractivity contribution in [2.45, 2.75) is 58.0 Å². The van der Waals surface area contributed by atoms with E-state index in [1.807, 2.05) is 0 Å². The van der Waals surface area contributed by atoms with E-state index in [2.05, 4.69) is 6.92 Å². The van der Waals surface area contributed by atoms with Gasteiger partial charge in [-0.1, -0.05) is 44.7 Å². The lowest BCUT2D eigenvalue weighted by atomic mass is 10.2. The number of ether oxygens (including phenoxy) is 3. The molecule has 0 heterocycles. The number of unbranched alkanes of at least 4 members (excludes halogenated alkanes) is 4. The van der Waals surface area contributed by atoms with Crippen molar-refractivity contribution in [3.05, 3.63) is 65.7 Å². The molecule has 190 valence electrons. The first-order valence-electron chi connectivity index (χ1n) is 11.7. The molecule has 2 aromatic carbocycles. The number of halogens is 3. The van der Waals surface area contributed by atoms with Gasteiger partial charge < -0.3 is 14.2 Å². The van der Waals surface area contributed by atoms with Gasteiger partial charge in [0.15, 0.2) is 0 Å². The number of carbonyl (C=O) groups is 2. The Kier molecular flexibility index (Phi) is 11.9. The number of hydrogen-bond acceptors (Lipinski definition) is 5. The van der Waals surface area contributed by atoms with Crippen LogP contribution in [0.4, 0.5) is 13.2 Å². The zero-order valence-electron chi connectivity index (χ0n) is 19.8. The predicted molar refractivity (Wildman–Crippen MR) is 127 cm³/mol. The van der Waals surface area contributed by atoms with Crippen LogP contribution >= 0.6 is 0 Å². The van der Waals surface area contributed by atoms with Crippen LogP contribution in [0.2, 0.25) is 0 Å². The fraction of sp³-hybridized carbons (Fsp3) is 0.407. The van der Waals surface area contributed by atoms with Gasteiger partial charge in [-0.05, 0) is 60.9 Å². The number of benzene rings is 2. The Hall–Kier alpha value is -3.29. The number of hydrogen-bond donors (Lipinski definition) is 0. The van der Waals surface area contributed by atoms with Crippen LogP contribution in [0.5, 0.6) is 11.5 Å². The lowest BCUT2D eigenvalue weighted by Gasteiger charge is -2.09. The summed E-state index contributed by atoms with van der Waals surface area (Å²) in [6, 6.07) is 12.6. The van der Waals surface area contributed by atoms with Gasteiger partial charge in [0.1, 0.15) is 11.5 Å². The Labute approximate surface area is 203 Å². The van der Waals surface area contributed by atoms with Crippen molar-refractivity contribution in [2.24, 2.45) is 0 Å². The van der Waals surface area contributed by atoms with Gasteiger partial charge in [-0.2, -0.15) is 13.2 Å². The summed E-state index contributed by atoms with van der Waals surface area (Å²) in [6.45, 7) is 2.49. The first-order valence-corrected chi connectivity index (χ1v) is 11.7. The molecular weight excluding hydrogens is 461 g/mol. The fourth-order valence-corrected chi connectivity index (χ4v) is 3.05. The Balaban J connectivity index is 1.74. The summed E-state index contributed by atoms with van der Waals surface area (Å²) in [7, 11) is 0. The van der Waals surface area contributed by atoms with Crippen LogP contribution in [0.25, 0.3) is 6.08 Å². The van der Waals surface area contributed by atoms with Crippen molar-refractivity contribution in [3.8, 4) is 11.5 Å². The first kappa shape index (κ1) is 28.0. The summed E-state index contributed by atoms with van der Waals surface area (Å²) in [5.41, 5.74) is 1.02. The van der Waals surface area contributed by atoms with Gasteiger partial charge in [-0.3, -0.25) is 0 Å². The van der Waals surface area contributed by atoms with Crippen molar-refractivity contribution in [1.82, 2.24) is 0 Å².